The average Bonchev–Trinajstić information content (AvgIpc) is 2.68. The largest absolute Gasteiger partial charge is 0.322 e. The van der Waals surface area contributed by atoms with Gasteiger partial charge in [0.1, 0.15) is 0 Å². The molecule has 6 nitrogen and oxygen atoms in total. The molecular weight excluding hydrogens is 362 g/mol. The first-order chi connectivity index (χ1) is 12.9. The van der Waals surface area contributed by atoms with Crippen LogP contribution in [0.2, 0.25) is 0 Å². The third-order valence-electron chi connectivity index (χ3n) is 4.62. The minimum Gasteiger partial charge on any atom is -0.322 e. The maximum Gasteiger partial charge on any atom is 0.255 e. The van der Waals surface area contributed by atoms with E-state index in [2.05, 4.69) is 12.2 Å². The van der Waals surface area contributed by atoms with Crippen LogP contribution in [0, 0.1) is 17.2 Å². The van der Waals surface area contributed by atoms with E-state index in [-0.39, 0.29) is 10.8 Å². The molecule has 2 aromatic carbocycles. The third-order valence-corrected chi connectivity index (χ3v) is 6.50. The minimum absolute atomic E-state index is 0.223. The maximum atomic E-state index is 12.8. The molecule has 140 valence electrons. The standard InChI is InChI=1S/C20H21N3O3S/c1-15-4-3-11-23(14-15)27(25,26)19-9-7-18(8-10-19)22-20(24)17-6-2-5-16(12-17)13-21/h2,5-10,12,15H,3-4,11,14H2,1H3,(H,22,24). The Kier molecular flexibility index (Phi) is 5.59. The van der Waals surface area contributed by atoms with Crippen LogP contribution in [0.1, 0.15) is 35.7 Å². The summed E-state index contributed by atoms with van der Waals surface area (Å²) in [6.07, 6.45) is 1.92. The molecule has 1 amide bonds. The number of nitrogens with one attached hydrogen (secondary N) is 1. The molecule has 1 saturated heterocycles. The van der Waals surface area contributed by atoms with Gasteiger partial charge in [0.05, 0.1) is 16.5 Å². The quantitative estimate of drug-likeness (QED) is 0.878. The molecule has 1 fully saturated rings. The fourth-order valence-electron chi connectivity index (χ4n) is 3.16. The molecule has 2 aromatic rings. The van der Waals surface area contributed by atoms with Crippen LogP contribution in [0.3, 0.4) is 0 Å². The lowest BCUT2D eigenvalue weighted by atomic mass is 10.0. The second kappa shape index (κ2) is 7.91. The highest BCUT2D eigenvalue weighted by Crippen LogP contribution is 2.24. The first-order valence-electron chi connectivity index (χ1n) is 8.82. The molecule has 1 heterocycles. The zero-order valence-corrected chi connectivity index (χ0v) is 15.9. The van der Waals surface area contributed by atoms with E-state index in [0.29, 0.717) is 35.8 Å². The smallest absolute Gasteiger partial charge is 0.255 e. The van der Waals surface area contributed by atoms with Crippen LogP contribution >= 0.6 is 0 Å². The van der Waals surface area contributed by atoms with E-state index in [0.717, 1.165) is 12.8 Å². The summed E-state index contributed by atoms with van der Waals surface area (Å²) < 4.78 is 27.1. The van der Waals surface area contributed by atoms with Crippen LogP contribution in [-0.2, 0) is 10.0 Å². The van der Waals surface area contributed by atoms with Crippen molar-refractivity contribution in [3.05, 3.63) is 59.7 Å². The number of carbonyl (C=O) groups is 1. The Hall–Kier alpha value is -2.69. The molecular formula is C20H21N3O3S. The summed E-state index contributed by atoms with van der Waals surface area (Å²) >= 11 is 0. The highest BCUT2D eigenvalue weighted by molar-refractivity contribution is 7.89. The lowest BCUT2D eigenvalue weighted by molar-refractivity contribution is 0.102. The Morgan fingerprint density at radius 2 is 1.96 bits per heavy atom. The summed E-state index contributed by atoms with van der Waals surface area (Å²) in [7, 11) is -3.52. The van der Waals surface area contributed by atoms with Gasteiger partial charge in [0.2, 0.25) is 10.0 Å². The van der Waals surface area contributed by atoms with Gasteiger partial charge in [-0.05, 0) is 61.2 Å². The fourth-order valence-corrected chi connectivity index (χ4v) is 4.76. The number of piperidine rings is 1. The van der Waals surface area contributed by atoms with Gasteiger partial charge < -0.3 is 5.32 Å². The summed E-state index contributed by atoms with van der Waals surface area (Å²) in [5, 5.41) is 11.6. The highest BCUT2D eigenvalue weighted by atomic mass is 32.2. The molecule has 0 saturated carbocycles. The number of nitrogens with zero attached hydrogens (tertiary/aromatic N) is 2. The first-order valence-corrected chi connectivity index (χ1v) is 10.3. The van der Waals surface area contributed by atoms with Gasteiger partial charge in [-0.2, -0.15) is 9.57 Å². The predicted octanol–water partition coefficient (Wildman–Crippen LogP) is 3.23. The van der Waals surface area contributed by atoms with Crippen molar-refractivity contribution in [1.82, 2.24) is 4.31 Å². The molecule has 1 aliphatic rings. The second-order valence-electron chi connectivity index (χ2n) is 6.78. The lowest BCUT2D eigenvalue weighted by Gasteiger charge is -2.30. The topological polar surface area (TPSA) is 90.3 Å². The Balaban J connectivity index is 1.73. The van der Waals surface area contributed by atoms with Crippen molar-refractivity contribution in [2.45, 2.75) is 24.7 Å². The molecule has 0 spiro atoms. The van der Waals surface area contributed by atoms with E-state index >= 15 is 0 Å². The van der Waals surface area contributed by atoms with Gasteiger partial charge in [0.15, 0.2) is 0 Å². The van der Waals surface area contributed by atoms with Crippen LogP contribution < -0.4 is 5.32 Å². The number of hydrogen-bond donors (Lipinski definition) is 1. The number of carbonyl (C=O) groups excluding carboxylic acids is 1. The average molecular weight is 383 g/mol. The molecule has 1 aliphatic heterocycles. The molecule has 3 rings (SSSR count). The molecule has 0 radical (unpaired) electrons. The monoisotopic (exact) mass is 383 g/mol. The Morgan fingerprint density at radius 3 is 2.63 bits per heavy atom. The summed E-state index contributed by atoms with van der Waals surface area (Å²) in [6.45, 7) is 3.14. The zero-order valence-electron chi connectivity index (χ0n) is 15.1. The number of sulfonamides is 1. The van der Waals surface area contributed by atoms with Crippen LogP contribution in [0.15, 0.2) is 53.4 Å². The maximum absolute atomic E-state index is 12.8. The van der Waals surface area contributed by atoms with E-state index in [1.165, 1.54) is 22.5 Å². The third kappa shape index (κ3) is 4.35. The Labute approximate surface area is 159 Å². The van der Waals surface area contributed by atoms with E-state index in [1.54, 1.807) is 30.3 Å². The van der Waals surface area contributed by atoms with Crippen molar-refractivity contribution >= 4 is 21.6 Å². The lowest BCUT2D eigenvalue weighted by Crippen LogP contribution is -2.39. The summed E-state index contributed by atoms with van der Waals surface area (Å²) in [6, 6.07) is 14.6. The van der Waals surface area contributed by atoms with E-state index in [9.17, 15) is 13.2 Å². The Bertz CT molecular complexity index is 978. The highest BCUT2D eigenvalue weighted by Gasteiger charge is 2.28. The Morgan fingerprint density at radius 1 is 1.22 bits per heavy atom. The molecule has 0 bridgehead atoms. The van der Waals surface area contributed by atoms with Crippen LogP contribution in [0.25, 0.3) is 0 Å². The van der Waals surface area contributed by atoms with E-state index < -0.39 is 10.0 Å². The number of amides is 1. The number of rotatable bonds is 4. The number of anilines is 1. The van der Waals surface area contributed by atoms with Crippen LogP contribution in [0.5, 0.6) is 0 Å². The molecule has 1 atom stereocenters. The van der Waals surface area contributed by atoms with Gasteiger partial charge in [0.25, 0.3) is 5.91 Å². The number of benzene rings is 2. The number of nitriles is 1. The number of hydrogen-bond acceptors (Lipinski definition) is 4. The van der Waals surface area contributed by atoms with E-state index in [4.69, 9.17) is 5.26 Å². The molecule has 7 heteroatoms. The second-order valence-corrected chi connectivity index (χ2v) is 8.72. The van der Waals surface area contributed by atoms with Crippen molar-refractivity contribution in [1.29, 1.82) is 5.26 Å². The van der Waals surface area contributed by atoms with Gasteiger partial charge in [-0.3, -0.25) is 4.79 Å². The fraction of sp³-hybridized carbons (Fsp3) is 0.300. The predicted molar refractivity (Wildman–Crippen MR) is 103 cm³/mol. The minimum atomic E-state index is -3.52. The summed E-state index contributed by atoms with van der Waals surface area (Å²) in [5.74, 6) is 0.00354. The molecule has 27 heavy (non-hydrogen) atoms. The van der Waals surface area contributed by atoms with Gasteiger partial charge in [0, 0.05) is 24.3 Å². The van der Waals surface area contributed by atoms with Gasteiger partial charge in [-0.1, -0.05) is 13.0 Å². The van der Waals surface area contributed by atoms with Crippen LogP contribution in [0.4, 0.5) is 5.69 Å². The molecule has 0 aliphatic carbocycles. The zero-order chi connectivity index (χ0) is 19.4. The van der Waals surface area contributed by atoms with Gasteiger partial charge in [-0.25, -0.2) is 8.42 Å². The summed E-state index contributed by atoms with van der Waals surface area (Å²) in [4.78, 5) is 12.5. The van der Waals surface area contributed by atoms with Crippen molar-refractivity contribution in [2.75, 3.05) is 18.4 Å². The molecule has 0 aromatic heterocycles. The normalized spacial score (nSPS) is 17.9. The van der Waals surface area contributed by atoms with Gasteiger partial charge in [-0.15, -0.1) is 0 Å². The molecule has 1 N–H and O–H groups in total. The van der Waals surface area contributed by atoms with Crippen molar-refractivity contribution < 1.29 is 13.2 Å². The van der Waals surface area contributed by atoms with Gasteiger partial charge >= 0.3 is 0 Å². The van der Waals surface area contributed by atoms with Crippen molar-refractivity contribution in [3.8, 4) is 6.07 Å². The SMILES string of the molecule is CC1CCCN(S(=O)(=O)c2ccc(NC(=O)c3cccc(C#N)c3)cc2)C1. The van der Waals surface area contributed by atoms with E-state index in [1.807, 2.05) is 6.07 Å². The summed E-state index contributed by atoms with van der Waals surface area (Å²) in [5.41, 5.74) is 1.27. The van der Waals surface area contributed by atoms with Crippen molar-refractivity contribution in [2.24, 2.45) is 5.92 Å². The van der Waals surface area contributed by atoms with Crippen molar-refractivity contribution in [3.63, 3.8) is 0 Å². The van der Waals surface area contributed by atoms with Crippen LogP contribution in [-0.4, -0.2) is 31.7 Å². The first kappa shape index (κ1) is 19.1. The molecule has 1 unspecified atom stereocenters.